The Morgan fingerprint density at radius 2 is 1.89 bits per heavy atom. The highest BCUT2D eigenvalue weighted by Gasteiger charge is 2.11. The van der Waals surface area contributed by atoms with Gasteiger partial charge in [-0.15, -0.1) is 0 Å². The zero-order valence-electron chi connectivity index (χ0n) is 15.3. The van der Waals surface area contributed by atoms with Gasteiger partial charge in [-0.2, -0.15) is 0 Å². The number of hydrogen-bond acceptors (Lipinski definition) is 7. The van der Waals surface area contributed by atoms with Crippen molar-refractivity contribution >= 4 is 23.8 Å². The molecule has 0 unspecified atom stereocenters. The van der Waals surface area contributed by atoms with Crippen molar-refractivity contribution in [2.24, 2.45) is 4.99 Å². The van der Waals surface area contributed by atoms with Gasteiger partial charge in [-0.05, 0) is 48.0 Å². The predicted octanol–water partition coefficient (Wildman–Crippen LogP) is 3.20. The SMILES string of the molecule is COc1ccc(C(=O)Nc2cc(/C=N/c3ncccc3O)ccn2)cc1OC. The van der Waals surface area contributed by atoms with Crippen molar-refractivity contribution in [3.05, 3.63) is 66.0 Å². The van der Waals surface area contributed by atoms with Gasteiger partial charge in [0.25, 0.3) is 5.91 Å². The number of rotatable bonds is 6. The predicted molar refractivity (Wildman–Crippen MR) is 105 cm³/mol. The molecule has 2 aromatic heterocycles. The summed E-state index contributed by atoms with van der Waals surface area (Å²) in [6, 6.07) is 11.4. The Balaban J connectivity index is 1.76. The minimum absolute atomic E-state index is 0.0187. The van der Waals surface area contributed by atoms with Gasteiger partial charge in [-0.3, -0.25) is 4.79 Å². The first-order valence-electron chi connectivity index (χ1n) is 8.28. The Morgan fingerprint density at radius 1 is 1.07 bits per heavy atom. The number of carbonyl (C=O) groups excluding carboxylic acids is 1. The lowest BCUT2D eigenvalue weighted by Crippen LogP contribution is -2.13. The summed E-state index contributed by atoms with van der Waals surface area (Å²) in [7, 11) is 3.03. The second-order valence-corrected chi connectivity index (χ2v) is 5.60. The van der Waals surface area contributed by atoms with Crippen molar-refractivity contribution in [1.82, 2.24) is 9.97 Å². The molecule has 2 heterocycles. The van der Waals surface area contributed by atoms with Crippen LogP contribution >= 0.6 is 0 Å². The summed E-state index contributed by atoms with van der Waals surface area (Å²) in [6.07, 6.45) is 4.60. The molecule has 0 atom stereocenters. The number of aromatic nitrogens is 2. The molecule has 1 amide bonds. The summed E-state index contributed by atoms with van der Waals surface area (Å²) in [5.41, 5.74) is 1.08. The number of amides is 1. The summed E-state index contributed by atoms with van der Waals surface area (Å²) in [6.45, 7) is 0. The van der Waals surface area contributed by atoms with E-state index in [9.17, 15) is 9.90 Å². The lowest BCUT2D eigenvalue weighted by molar-refractivity contribution is 0.102. The zero-order chi connectivity index (χ0) is 19.9. The van der Waals surface area contributed by atoms with E-state index >= 15 is 0 Å². The summed E-state index contributed by atoms with van der Waals surface area (Å²) in [5, 5.41) is 12.4. The highest BCUT2D eigenvalue weighted by Crippen LogP contribution is 2.28. The van der Waals surface area contributed by atoms with E-state index < -0.39 is 0 Å². The zero-order valence-corrected chi connectivity index (χ0v) is 15.3. The Hall–Kier alpha value is -3.94. The lowest BCUT2D eigenvalue weighted by Gasteiger charge is -2.10. The number of pyridine rings is 2. The van der Waals surface area contributed by atoms with Gasteiger partial charge in [0, 0.05) is 24.2 Å². The van der Waals surface area contributed by atoms with Crippen LogP contribution in [0.5, 0.6) is 17.2 Å². The van der Waals surface area contributed by atoms with Crippen molar-refractivity contribution in [2.45, 2.75) is 0 Å². The molecule has 142 valence electrons. The van der Waals surface area contributed by atoms with Crippen LogP contribution in [0.15, 0.2) is 59.9 Å². The van der Waals surface area contributed by atoms with Crippen molar-refractivity contribution in [2.75, 3.05) is 19.5 Å². The van der Waals surface area contributed by atoms with Gasteiger partial charge in [-0.25, -0.2) is 15.0 Å². The molecule has 0 aliphatic rings. The third-order valence-electron chi connectivity index (χ3n) is 3.77. The number of anilines is 1. The van der Waals surface area contributed by atoms with Gasteiger partial charge in [0.05, 0.1) is 14.2 Å². The van der Waals surface area contributed by atoms with Crippen LogP contribution in [0.2, 0.25) is 0 Å². The fraction of sp³-hybridized carbons (Fsp3) is 0.100. The second-order valence-electron chi connectivity index (χ2n) is 5.60. The number of methoxy groups -OCH3 is 2. The first-order valence-corrected chi connectivity index (χ1v) is 8.28. The largest absolute Gasteiger partial charge is 0.504 e. The summed E-state index contributed by atoms with van der Waals surface area (Å²) < 4.78 is 10.4. The van der Waals surface area contributed by atoms with Crippen LogP contribution in [0.1, 0.15) is 15.9 Å². The molecule has 3 rings (SSSR count). The Labute approximate surface area is 161 Å². The highest BCUT2D eigenvalue weighted by molar-refractivity contribution is 6.04. The summed E-state index contributed by atoms with van der Waals surface area (Å²) >= 11 is 0. The molecule has 0 bridgehead atoms. The number of benzene rings is 1. The van der Waals surface area contributed by atoms with Crippen LogP contribution in [0.3, 0.4) is 0 Å². The minimum Gasteiger partial charge on any atom is -0.504 e. The molecule has 0 saturated carbocycles. The Morgan fingerprint density at radius 3 is 2.64 bits per heavy atom. The van der Waals surface area contributed by atoms with Gasteiger partial charge in [-0.1, -0.05) is 0 Å². The molecule has 0 aliphatic carbocycles. The normalized spacial score (nSPS) is 10.6. The number of nitrogens with zero attached hydrogens (tertiary/aromatic N) is 3. The third kappa shape index (κ3) is 4.42. The quantitative estimate of drug-likeness (QED) is 0.638. The van der Waals surface area contributed by atoms with E-state index in [1.807, 2.05) is 0 Å². The number of ether oxygens (including phenoxy) is 2. The van der Waals surface area contributed by atoms with E-state index in [0.29, 0.717) is 28.4 Å². The molecule has 0 fully saturated rings. The maximum Gasteiger partial charge on any atom is 0.256 e. The average molecular weight is 378 g/mol. The number of carbonyl (C=O) groups is 1. The first-order chi connectivity index (χ1) is 13.6. The number of aromatic hydroxyl groups is 1. The Kier molecular flexibility index (Phi) is 5.81. The molecule has 8 heteroatoms. The molecule has 0 aliphatic heterocycles. The van der Waals surface area contributed by atoms with E-state index in [4.69, 9.17) is 9.47 Å². The van der Waals surface area contributed by atoms with E-state index in [1.165, 1.54) is 32.7 Å². The standard InChI is InChI=1S/C20H18N4O4/c1-27-16-6-5-14(11-17(16)28-2)20(26)24-18-10-13(7-9-21-18)12-23-19-15(25)4-3-8-22-19/h3-12,25H,1-2H3,(H,21,24,26)/b23-12+. The topological polar surface area (TPSA) is 106 Å². The molecule has 0 spiro atoms. The van der Waals surface area contributed by atoms with Crippen LogP contribution in [0, 0.1) is 0 Å². The minimum atomic E-state index is -0.343. The molecule has 3 aromatic rings. The smallest absolute Gasteiger partial charge is 0.256 e. The van der Waals surface area contributed by atoms with E-state index in [-0.39, 0.29) is 17.5 Å². The van der Waals surface area contributed by atoms with Gasteiger partial charge in [0.1, 0.15) is 5.82 Å². The van der Waals surface area contributed by atoms with Crippen molar-refractivity contribution in [3.63, 3.8) is 0 Å². The molecular formula is C20H18N4O4. The molecule has 2 N–H and O–H groups in total. The maximum atomic E-state index is 12.5. The van der Waals surface area contributed by atoms with E-state index in [1.54, 1.807) is 42.6 Å². The van der Waals surface area contributed by atoms with Crippen molar-refractivity contribution in [1.29, 1.82) is 0 Å². The fourth-order valence-corrected chi connectivity index (χ4v) is 2.39. The third-order valence-corrected chi connectivity index (χ3v) is 3.77. The van der Waals surface area contributed by atoms with Crippen LogP contribution in [0.4, 0.5) is 11.6 Å². The monoisotopic (exact) mass is 378 g/mol. The molecule has 1 aromatic carbocycles. The Bertz CT molecular complexity index is 1020. The first kappa shape index (κ1) is 18.8. The van der Waals surface area contributed by atoms with Gasteiger partial charge in [0.15, 0.2) is 23.1 Å². The number of aliphatic imine (C=N–C) groups is 1. The highest BCUT2D eigenvalue weighted by atomic mass is 16.5. The summed E-state index contributed by atoms with van der Waals surface area (Å²) in [5.74, 6) is 1.19. The fourth-order valence-electron chi connectivity index (χ4n) is 2.39. The average Bonchev–Trinajstić information content (AvgIpc) is 2.73. The molecule has 8 nitrogen and oxygen atoms in total. The molecule has 28 heavy (non-hydrogen) atoms. The van der Waals surface area contributed by atoms with Gasteiger partial charge in [0.2, 0.25) is 0 Å². The number of nitrogens with one attached hydrogen (secondary N) is 1. The van der Waals surface area contributed by atoms with Crippen LogP contribution in [-0.4, -0.2) is 41.4 Å². The van der Waals surface area contributed by atoms with Crippen molar-refractivity contribution in [3.8, 4) is 17.2 Å². The molecular weight excluding hydrogens is 360 g/mol. The molecule has 0 saturated heterocycles. The van der Waals surface area contributed by atoms with Crippen LogP contribution < -0.4 is 14.8 Å². The summed E-state index contributed by atoms with van der Waals surface area (Å²) in [4.78, 5) is 24.8. The van der Waals surface area contributed by atoms with Gasteiger partial charge < -0.3 is 19.9 Å². The second kappa shape index (κ2) is 8.63. The van der Waals surface area contributed by atoms with E-state index in [0.717, 1.165) is 0 Å². The lowest BCUT2D eigenvalue weighted by atomic mass is 10.2. The van der Waals surface area contributed by atoms with Crippen LogP contribution in [-0.2, 0) is 0 Å². The molecule has 0 radical (unpaired) electrons. The van der Waals surface area contributed by atoms with Gasteiger partial charge >= 0.3 is 0 Å². The van der Waals surface area contributed by atoms with Crippen LogP contribution in [0.25, 0.3) is 0 Å². The number of hydrogen-bond donors (Lipinski definition) is 2. The van der Waals surface area contributed by atoms with E-state index in [2.05, 4.69) is 20.3 Å². The maximum absolute atomic E-state index is 12.5. The van der Waals surface area contributed by atoms with Crippen molar-refractivity contribution < 1.29 is 19.4 Å².